The molecule has 258 valence electrons. The highest BCUT2D eigenvalue weighted by atomic mass is 16.3. The van der Waals surface area contributed by atoms with Crippen molar-refractivity contribution in [3.63, 3.8) is 0 Å². The van der Waals surface area contributed by atoms with Gasteiger partial charge in [-0.2, -0.15) is 0 Å². The summed E-state index contributed by atoms with van der Waals surface area (Å²) in [6.07, 6.45) is 2.01. The van der Waals surface area contributed by atoms with Crippen molar-refractivity contribution in [3.8, 4) is 5.75 Å². The smallest absolute Gasteiger partial charge is 0.255 e. The zero-order valence-corrected chi connectivity index (χ0v) is 27.9. The van der Waals surface area contributed by atoms with Gasteiger partial charge in [0.1, 0.15) is 22.8 Å². The highest BCUT2D eigenvalue weighted by molar-refractivity contribution is 6.24. The van der Waals surface area contributed by atoms with Gasteiger partial charge in [-0.15, -0.1) is 0 Å². The van der Waals surface area contributed by atoms with Crippen molar-refractivity contribution >= 4 is 40.5 Å². The number of hydrogen-bond acceptors (Lipinski definition) is 11. The molecule has 0 aromatic heterocycles. The largest absolute Gasteiger partial charge is 0.508 e. The molecule has 1 heterocycles. The Morgan fingerprint density at radius 3 is 2.20 bits per heavy atom. The van der Waals surface area contributed by atoms with Gasteiger partial charge in [0.25, 0.3) is 5.91 Å². The zero-order chi connectivity index (χ0) is 35.3. The number of phenols is 1. The number of nitrogens with one attached hydrogen (secondary N) is 1. The van der Waals surface area contributed by atoms with E-state index in [0.29, 0.717) is 30.4 Å². The summed E-state index contributed by atoms with van der Waals surface area (Å²) in [6, 6.07) is 9.16. The number of amides is 2. The minimum absolute atomic E-state index is 0.0118. The summed E-state index contributed by atoms with van der Waals surface area (Å²) < 4.78 is 0. The van der Waals surface area contributed by atoms with Crippen LogP contribution in [0.1, 0.15) is 28.7 Å². The fourth-order valence-corrected chi connectivity index (χ4v) is 8.79. The minimum atomic E-state index is -2.73. The number of nitrogens with zero attached hydrogens (tertiary/aromatic N) is 3. The summed E-state index contributed by atoms with van der Waals surface area (Å²) in [7, 11) is 6.67. The van der Waals surface area contributed by atoms with Crippen LogP contribution in [0.15, 0.2) is 47.2 Å². The Balaban J connectivity index is 1.21. The fraction of sp³-hybridized carbons (Fsp3) is 0.444. The number of likely N-dealkylation sites (tertiary alicyclic amines) is 1. The van der Waals surface area contributed by atoms with E-state index in [1.165, 1.54) is 16.0 Å². The van der Waals surface area contributed by atoms with Crippen LogP contribution >= 0.6 is 0 Å². The van der Waals surface area contributed by atoms with Crippen molar-refractivity contribution in [2.75, 3.05) is 51.5 Å². The molecule has 2 fully saturated rings. The lowest BCUT2D eigenvalue weighted by atomic mass is 9.57. The Labute approximate surface area is 283 Å². The summed E-state index contributed by atoms with van der Waals surface area (Å²) >= 11 is 0. The Bertz CT molecular complexity index is 1870. The molecule has 1 aliphatic heterocycles. The molecule has 0 radical (unpaired) electrons. The lowest BCUT2D eigenvalue weighted by Gasteiger charge is -2.50. The number of aliphatic hydroxyl groups is 3. The van der Waals surface area contributed by atoms with Crippen molar-refractivity contribution in [1.82, 2.24) is 9.80 Å². The third-order valence-corrected chi connectivity index (χ3v) is 11.3. The van der Waals surface area contributed by atoms with Crippen LogP contribution in [0.5, 0.6) is 5.75 Å². The molecular formula is C36H41N5O8. The molecule has 49 heavy (non-hydrogen) atoms. The molecule has 1 saturated carbocycles. The number of rotatable bonds is 6. The van der Waals surface area contributed by atoms with E-state index in [1.807, 2.05) is 12.1 Å². The number of aliphatic hydroxyl groups excluding tert-OH is 2. The molecular weight excluding hydrogens is 630 g/mol. The molecule has 4 atom stereocenters. The van der Waals surface area contributed by atoms with Crippen LogP contribution < -0.4 is 16.0 Å². The van der Waals surface area contributed by atoms with E-state index in [1.54, 1.807) is 39.2 Å². The maximum absolute atomic E-state index is 14.2. The topological polar surface area (TPSA) is 197 Å². The standard InChI is InChI=1S/C36H41N5O8/c1-39(2)24-13-23(38-35(48)19-14-41(15-19)20-9-16-7-5-6-8-17(16)10-20)29(42)26-21(24)11-18-12-22-28(40(3)4)31(44)27(34(37)47)33(46)36(22,49)32(45)25(18)30(26)43/h5-8,13,18-20,22,28,42-43,46,49H,9-12,14-15H2,1-4H3,(H2,37,47)(H,38,48)/t18-,22-,28-,36-/m0/s1. The molecule has 5 aliphatic rings. The summed E-state index contributed by atoms with van der Waals surface area (Å²) in [4.78, 5) is 58.8. The number of ketones is 2. The molecule has 2 aromatic carbocycles. The fourth-order valence-electron chi connectivity index (χ4n) is 8.79. The number of carbonyl (C=O) groups excluding carboxylic acids is 4. The highest BCUT2D eigenvalue weighted by Crippen LogP contribution is 2.54. The van der Waals surface area contributed by atoms with Gasteiger partial charge in [0.2, 0.25) is 11.7 Å². The number of nitrogens with two attached hydrogens (primary N) is 1. The first-order valence-electron chi connectivity index (χ1n) is 16.5. The average molecular weight is 672 g/mol. The van der Waals surface area contributed by atoms with Crippen molar-refractivity contribution in [2.24, 2.45) is 23.5 Å². The number of Topliss-reactive ketones (excluding diaryl/α,β-unsaturated/α-hetero) is 2. The second kappa shape index (κ2) is 11.4. The summed E-state index contributed by atoms with van der Waals surface area (Å²) in [5.41, 5.74) is 5.33. The van der Waals surface area contributed by atoms with Crippen molar-refractivity contribution in [3.05, 3.63) is 69.5 Å². The highest BCUT2D eigenvalue weighted by Gasteiger charge is 2.64. The van der Waals surface area contributed by atoms with E-state index in [0.717, 1.165) is 12.8 Å². The van der Waals surface area contributed by atoms with Gasteiger partial charge in [-0.25, -0.2) is 0 Å². The van der Waals surface area contributed by atoms with E-state index >= 15 is 0 Å². The molecule has 13 heteroatoms. The maximum Gasteiger partial charge on any atom is 0.255 e. The van der Waals surface area contributed by atoms with E-state index in [4.69, 9.17) is 5.73 Å². The summed E-state index contributed by atoms with van der Waals surface area (Å²) in [5, 5.41) is 49.1. The Kier molecular flexibility index (Phi) is 7.65. The third kappa shape index (κ3) is 4.77. The van der Waals surface area contributed by atoms with Gasteiger partial charge in [-0.3, -0.25) is 29.0 Å². The zero-order valence-electron chi connectivity index (χ0n) is 27.9. The molecule has 1 saturated heterocycles. The molecule has 7 rings (SSSR count). The summed E-state index contributed by atoms with van der Waals surface area (Å²) in [6.45, 7) is 1.14. The predicted octanol–water partition coefficient (Wildman–Crippen LogP) is 1.07. The number of hydrogen-bond donors (Lipinski definition) is 6. The first-order valence-corrected chi connectivity index (χ1v) is 16.5. The maximum atomic E-state index is 14.2. The van der Waals surface area contributed by atoms with Crippen LogP contribution in [-0.2, 0) is 38.4 Å². The van der Waals surface area contributed by atoms with Gasteiger partial charge in [-0.05, 0) is 68.5 Å². The molecule has 0 unspecified atom stereocenters. The summed E-state index contributed by atoms with van der Waals surface area (Å²) in [5.74, 6) is -7.83. The number of benzene rings is 2. The van der Waals surface area contributed by atoms with E-state index < -0.39 is 63.8 Å². The van der Waals surface area contributed by atoms with Gasteiger partial charge < -0.3 is 36.4 Å². The van der Waals surface area contributed by atoms with Crippen molar-refractivity contribution in [2.45, 2.75) is 43.4 Å². The Hall–Kier alpha value is -4.72. The molecule has 4 aliphatic carbocycles. The first kappa shape index (κ1) is 32.8. The average Bonchev–Trinajstić information content (AvgIpc) is 3.42. The van der Waals surface area contributed by atoms with Crippen LogP contribution in [0.2, 0.25) is 0 Å². The van der Waals surface area contributed by atoms with Gasteiger partial charge in [-0.1, -0.05) is 24.3 Å². The lowest BCUT2D eigenvalue weighted by molar-refractivity contribution is -0.153. The number of anilines is 2. The Morgan fingerprint density at radius 2 is 1.63 bits per heavy atom. The molecule has 13 nitrogen and oxygen atoms in total. The SMILES string of the molecule is CN(C)c1cc(NC(=O)C2CN(C3Cc4ccccc4C3)C2)c(O)c2c1C[C@H]1C[C@H]3[C@H](N(C)C)C(=O)C(C(N)=O)=C(O)[C@@]3(O)C(=O)C1=C2O. The quantitative estimate of drug-likeness (QED) is 0.190. The first-order chi connectivity index (χ1) is 23.1. The number of carbonyl (C=O) groups is 4. The van der Waals surface area contributed by atoms with Gasteiger partial charge in [0, 0.05) is 50.4 Å². The van der Waals surface area contributed by atoms with E-state index in [2.05, 4.69) is 22.3 Å². The number of phenolic OH excluding ortho intramolecular Hbond substituents is 1. The molecule has 2 aromatic rings. The van der Waals surface area contributed by atoms with Gasteiger partial charge >= 0.3 is 0 Å². The van der Waals surface area contributed by atoms with E-state index in [9.17, 15) is 39.6 Å². The van der Waals surface area contributed by atoms with Crippen molar-refractivity contribution < 1.29 is 39.6 Å². The minimum Gasteiger partial charge on any atom is -0.508 e. The normalized spacial score (nSPS) is 27.0. The molecule has 7 N–H and O–H groups in total. The van der Waals surface area contributed by atoms with E-state index in [-0.39, 0.29) is 41.5 Å². The second-order valence-corrected chi connectivity index (χ2v) is 14.5. The predicted molar refractivity (Wildman–Crippen MR) is 180 cm³/mol. The number of aromatic hydroxyl groups is 1. The van der Waals surface area contributed by atoms with Crippen molar-refractivity contribution in [1.29, 1.82) is 0 Å². The van der Waals surface area contributed by atoms with Gasteiger partial charge in [0.05, 0.1) is 23.2 Å². The lowest BCUT2D eigenvalue weighted by Crippen LogP contribution is -2.65. The molecule has 2 amide bonds. The molecule has 0 bridgehead atoms. The Morgan fingerprint density at radius 1 is 1.00 bits per heavy atom. The van der Waals surface area contributed by atoms with Crippen LogP contribution in [0.4, 0.5) is 11.4 Å². The van der Waals surface area contributed by atoms with Crippen LogP contribution in [0, 0.1) is 17.8 Å². The number of fused-ring (bicyclic) bond motifs is 4. The van der Waals surface area contributed by atoms with Crippen LogP contribution in [-0.4, -0.2) is 113 Å². The number of likely N-dealkylation sites (N-methyl/N-ethyl adjacent to an activating group) is 1. The van der Waals surface area contributed by atoms with Crippen LogP contribution in [0.3, 0.4) is 0 Å². The van der Waals surface area contributed by atoms with Crippen LogP contribution in [0.25, 0.3) is 5.76 Å². The number of primary amides is 1. The molecule has 0 spiro atoms. The monoisotopic (exact) mass is 671 g/mol. The second-order valence-electron chi connectivity index (χ2n) is 14.5. The van der Waals surface area contributed by atoms with Gasteiger partial charge in [0.15, 0.2) is 11.4 Å². The third-order valence-electron chi connectivity index (χ3n) is 11.3.